The van der Waals surface area contributed by atoms with Crippen molar-refractivity contribution in [2.24, 2.45) is 0 Å². The predicted molar refractivity (Wildman–Crippen MR) is 59.2 cm³/mol. The fourth-order valence-corrected chi connectivity index (χ4v) is 1.18. The summed E-state index contributed by atoms with van der Waals surface area (Å²) in [6, 6.07) is 5.38. The summed E-state index contributed by atoms with van der Waals surface area (Å²) in [5, 5.41) is 9.14. The highest BCUT2D eigenvalue weighted by molar-refractivity contribution is 5.39. The normalized spacial score (nSPS) is 10.6. The van der Waals surface area contributed by atoms with Crippen LogP contribution in [0.5, 0.6) is 11.5 Å². The lowest BCUT2D eigenvalue weighted by Gasteiger charge is -2.09. The molecule has 0 saturated carbocycles. The first-order valence-electron chi connectivity index (χ1n) is 4.83. The molecule has 1 rings (SSSR count). The molecule has 0 aliphatic rings. The van der Waals surface area contributed by atoms with Gasteiger partial charge in [-0.3, -0.25) is 0 Å². The van der Waals surface area contributed by atoms with Crippen LogP contribution in [0.4, 0.5) is 0 Å². The Morgan fingerprint density at radius 3 is 2.80 bits per heavy atom. The minimum absolute atomic E-state index is 0.0532. The van der Waals surface area contributed by atoms with Crippen LogP contribution in [0.25, 0.3) is 0 Å². The Bertz CT molecular complexity index is 332. The Hall–Kier alpha value is -1.48. The lowest BCUT2D eigenvalue weighted by Crippen LogP contribution is -1.98. The zero-order valence-corrected chi connectivity index (χ0v) is 9.06. The van der Waals surface area contributed by atoms with E-state index >= 15 is 0 Å². The van der Waals surface area contributed by atoms with E-state index in [0.29, 0.717) is 12.4 Å². The molecule has 0 bridgehead atoms. The molecule has 3 nitrogen and oxygen atoms in total. The third kappa shape index (κ3) is 3.29. The first-order chi connectivity index (χ1) is 7.31. The molecule has 1 aromatic carbocycles. The maximum absolute atomic E-state index is 9.14. The van der Waals surface area contributed by atoms with Crippen LogP contribution in [0.3, 0.4) is 0 Å². The van der Waals surface area contributed by atoms with E-state index in [2.05, 4.69) is 0 Å². The van der Waals surface area contributed by atoms with E-state index in [4.69, 9.17) is 14.6 Å². The molecular formula is C12H16O3. The molecule has 82 valence electrons. The third-order valence-electron chi connectivity index (χ3n) is 2.01. The molecule has 0 spiro atoms. The van der Waals surface area contributed by atoms with E-state index in [1.54, 1.807) is 19.2 Å². The third-order valence-corrected chi connectivity index (χ3v) is 2.01. The molecule has 0 aliphatic heterocycles. The summed E-state index contributed by atoms with van der Waals surface area (Å²) in [5.74, 6) is 1.41. The smallest absolute Gasteiger partial charge is 0.125 e. The Morgan fingerprint density at radius 1 is 1.40 bits per heavy atom. The molecule has 0 aromatic heterocycles. The van der Waals surface area contributed by atoms with Gasteiger partial charge in [-0.2, -0.15) is 0 Å². The SMILES string of the molecule is C/C=C/COc1ccc(OC)cc1CO. The summed E-state index contributed by atoms with van der Waals surface area (Å²) in [6.07, 6.45) is 3.83. The molecule has 0 saturated heterocycles. The van der Waals surface area contributed by atoms with Gasteiger partial charge in [0.2, 0.25) is 0 Å². The molecule has 0 amide bonds. The van der Waals surface area contributed by atoms with E-state index in [0.717, 1.165) is 11.3 Å². The molecule has 0 heterocycles. The Balaban J connectivity index is 2.78. The molecule has 0 atom stereocenters. The second kappa shape index (κ2) is 6.09. The maximum atomic E-state index is 9.14. The van der Waals surface area contributed by atoms with E-state index in [1.165, 1.54) is 0 Å². The fourth-order valence-electron chi connectivity index (χ4n) is 1.18. The van der Waals surface area contributed by atoms with E-state index < -0.39 is 0 Å². The van der Waals surface area contributed by atoms with E-state index in [9.17, 15) is 0 Å². The Kier molecular flexibility index (Phi) is 4.71. The van der Waals surface area contributed by atoms with Crippen molar-refractivity contribution in [3.8, 4) is 11.5 Å². The minimum Gasteiger partial charge on any atom is -0.497 e. The van der Waals surface area contributed by atoms with Gasteiger partial charge < -0.3 is 14.6 Å². The lowest BCUT2D eigenvalue weighted by atomic mass is 10.2. The first-order valence-corrected chi connectivity index (χ1v) is 4.83. The number of allylic oxidation sites excluding steroid dienone is 1. The van der Waals surface area contributed by atoms with Gasteiger partial charge in [0.1, 0.15) is 18.1 Å². The van der Waals surface area contributed by atoms with Crippen molar-refractivity contribution < 1.29 is 14.6 Å². The number of hydrogen-bond donors (Lipinski definition) is 1. The monoisotopic (exact) mass is 208 g/mol. The zero-order valence-electron chi connectivity index (χ0n) is 9.06. The van der Waals surface area contributed by atoms with Gasteiger partial charge in [-0.15, -0.1) is 0 Å². The first kappa shape index (κ1) is 11.6. The van der Waals surface area contributed by atoms with Crippen molar-refractivity contribution in [2.45, 2.75) is 13.5 Å². The van der Waals surface area contributed by atoms with Gasteiger partial charge in [0.15, 0.2) is 0 Å². The zero-order chi connectivity index (χ0) is 11.1. The van der Waals surface area contributed by atoms with Crippen LogP contribution in [0.15, 0.2) is 30.4 Å². The number of aliphatic hydroxyl groups excluding tert-OH is 1. The van der Waals surface area contributed by atoms with Crippen molar-refractivity contribution in [1.29, 1.82) is 0 Å². The van der Waals surface area contributed by atoms with E-state index in [1.807, 2.05) is 25.1 Å². The minimum atomic E-state index is -0.0532. The van der Waals surface area contributed by atoms with Gasteiger partial charge in [-0.25, -0.2) is 0 Å². The van der Waals surface area contributed by atoms with Crippen molar-refractivity contribution in [3.05, 3.63) is 35.9 Å². The van der Waals surface area contributed by atoms with Crippen LogP contribution in [-0.4, -0.2) is 18.8 Å². The topological polar surface area (TPSA) is 38.7 Å². The van der Waals surface area contributed by atoms with Crippen LogP contribution >= 0.6 is 0 Å². The van der Waals surface area contributed by atoms with Crippen LogP contribution in [-0.2, 0) is 6.61 Å². The number of aliphatic hydroxyl groups is 1. The van der Waals surface area contributed by atoms with Crippen molar-refractivity contribution >= 4 is 0 Å². The van der Waals surface area contributed by atoms with Gasteiger partial charge in [0, 0.05) is 5.56 Å². The van der Waals surface area contributed by atoms with Gasteiger partial charge >= 0.3 is 0 Å². The standard InChI is InChI=1S/C12H16O3/c1-3-4-7-15-12-6-5-11(14-2)8-10(12)9-13/h3-6,8,13H,7,9H2,1-2H3/b4-3+. The predicted octanol–water partition coefficient (Wildman–Crippen LogP) is 2.14. The highest BCUT2D eigenvalue weighted by Gasteiger charge is 2.03. The number of hydrogen-bond acceptors (Lipinski definition) is 3. The molecule has 0 unspecified atom stereocenters. The fraction of sp³-hybridized carbons (Fsp3) is 0.333. The van der Waals surface area contributed by atoms with Crippen molar-refractivity contribution in [1.82, 2.24) is 0 Å². The maximum Gasteiger partial charge on any atom is 0.125 e. The van der Waals surface area contributed by atoms with Gasteiger partial charge in [-0.05, 0) is 25.1 Å². The average Bonchev–Trinajstić information content (AvgIpc) is 2.29. The summed E-state index contributed by atoms with van der Waals surface area (Å²) in [4.78, 5) is 0. The molecule has 1 N–H and O–H groups in total. The summed E-state index contributed by atoms with van der Waals surface area (Å²) in [5.41, 5.74) is 0.735. The molecule has 15 heavy (non-hydrogen) atoms. The van der Waals surface area contributed by atoms with Gasteiger partial charge in [0.25, 0.3) is 0 Å². The number of ether oxygens (including phenoxy) is 2. The summed E-state index contributed by atoms with van der Waals surface area (Å²) < 4.78 is 10.5. The number of rotatable bonds is 5. The second-order valence-electron chi connectivity index (χ2n) is 3.01. The molecule has 0 aliphatic carbocycles. The summed E-state index contributed by atoms with van der Waals surface area (Å²) in [6.45, 7) is 2.39. The highest BCUT2D eigenvalue weighted by Crippen LogP contribution is 2.24. The Morgan fingerprint density at radius 2 is 2.20 bits per heavy atom. The van der Waals surface area contributed by atoms with Crippen molar-refractivity contribution in [2.75, 3.05) is 13.7 Å². The lowest BCUT2D eigenvalue weighted by molar-refractivity contribution is 0.269. The van der Waals surface area contributed by atoms with Crippen molar-refractivity contribution in [3.63, 3.8) is 0 Å². The highest BCUT2D eigenvalue weighted by atomic mass is 16.5. The number of benzene rings is 1. The molecule has 0 fully saturated rings. The van der Waals surface area contributed by atoms with Crippen LogP contribution in [0.2, 0.25) is 0 Å². The van der Waals surface area contributed by atoms with E-state index in [-0.39, 0.29) is 6.61 Å². The van der Waals surface area contributed by atoms with Crippen LogP contribution in [0.1, 0.15) is 12.5 Å². The molecular weight excluding hydrogens is 192 g/mol. The number of methoxy groups -OCH3 is 1. The average molecular weight is 208 g/mol. The summed E-state index contributed by atoms with van der Waals surface area (Å²) in [7, 11) is 1.59. The summed E-state index contributed by atoms with van der Waals surface area (Å²) >= 11 is 0. The van der Waals surface area contributed by atoms with Crippen LogP contribution in [0, 0.1) is 0 Å². The van der Waals surface area contributed by atoms with Gasteiger partial charge in [-0.1, -0.05) is 12.2 Å². The van der Waals surface area contributed by atoms with Gasteiger partial charge in [0.05, 0.1) is 13.7 Å². The largest absolute Gasteiger partial charge is 0.497 e. The molecule has 1 aromatic rings. The quantitative estimate of drug-likeness (QED) is 0.753. The Labute approximate surface area is 90.0 Å². The molecule has 0 radical (unpaired) electrons. The van der Waals surface area contributed by atoms with Crippen LogP contribution < -0.4 is 9.47 Å². The molecule has 3 heteroatoms. The second-order valence-corrected chi connectivity index (χ2v) is 3.01.